The number of imidazole rings is 1. The average molecular weight is 487 g/mol. The molecule has 1 aliphatic rings. The number of nitrogens with one attached hydrogen (secondary N) is 2. The SMILES string of the molecule is COc1ccc(C(=O)Nc2ccc(Sc3nccn3C)cc2)cc1S(=O)(=O)NC1CCCC1. The van der Waals surface area contributed by atoms with Crippen LogP contribution in [-0.4, -0.2) is 37.0 Å². The number of benzene rings is 2. The molecule has 0 atom stereocenters. The Morgan fingerprint density at radius 1 is 1.15 bits per heavy atom. The fourth-order valence-corrected chi connectivity index (χ4v) is 6.02. The van der Waals surface area contributed by atoms with Gasteiger partial charge in [0.05, 0.1) is 7.11 Å². The molecule has 174 valence electrons. The minimum absolute atomic E-state index is 0.0358. The normalized spacial score (nSPS) is 14.4. The van der Waals surface area contributed by atoms with Crippen LogP contribution in [0.4, 0.5) is 5.69 Å². The number of aromatic nitrogens is 2. The van der Waals surface area contributed by atoms with Gasteiger partial charge >= 0.3 is 0 Å². The summed E-state index contributed by atoms with van der Waals surface area (Å²) in [4.78, 5) is 18.1. The summed E-state index contributed by atoms with van der Waals surface area (Å²) < 4.78 is 35.8. The van der Waals surface area contributed by atoms with Gasteiger partial charge in [-0.05, 0) is 55.3 Å². The van der Waals surface area contributed by atoms with Crippen molar-refractivity contribution in [1.29, 1.82) is 0 Å². The van der Waals surface area contributed by atoms with E-state index < -0.39 is 15.9 Å². The van der Waals surface area contributed by atoms with E-state index in [0.29, 0.717) is 5.69 Å². The minimum Gasteiger partial charge on any atom is -0.495 e. The predicted molar refractivity (Wildman–Crippen MR) is 127 cm³/mol. The van der Waals surface area contributed by atoms with E-state index in [0.717, 1.165) is 35.7 Å². The van der Waals surface area contributed by atoms with Crippen LogP contribution in [0.3, 0.4) is 0 Å². The van der Waals surface area contributed by atoms with Crippen molar-refractivity contribution < 1.29 is 17.9 Å². The number of nitrogens with zero attached hydrogens (tertiary/aromatic N) is 2. The maximum Gasteiger partial charge on any atom is 0.255 e. The molecule has 1 fully saturated rings. The van der Waals surface area contributed by atoms with Crippen molar-refractivity contribution in [2.75, 3.05) is 12.4 Å². The number of hydrogen-bond acceptors (Lipinski definition) is 6. The third kappa shape index (κ3) is 5.58. The second kappa shape index (κ2) is 9.98. The van der Waals surface area contributed by atoms with E-state index in [1.807, 2.05) is 29.9 Å². The highest BCUT2D eigenvalue weighted by atomic mass is 32.2. The summed E-state index contributed by atoms with van der Waals surface area (Å²) in [5, 5.41) is 3.69. The maximum atomic E-state index is 13.0. The molecule has 2 N–H and O–H groups in total. The Bertz CT molecular complexity index is 1230. The van der Waals surface area contributed by atoms with Gasteiger partial charge in [0, 0.05) is 41.6 Å². The number of rotatable bonds is 8. The fraction of sp³-hybridized carbons (Fsp3) is 0.304. The van der Waals surface area contributed by atoms with Crippen LogP contribution in [0.25, 0.3) is 0 Å². The Labute approximate surface area is 197 Å². The Kier molecular flexibility index (Phi) is 7.06. The largest absolute Gasteiger partial charge is 0.495 e. The van der Waals surface area contributed by atoms with E-state index in [1.165, 1.54) is 31.0 Å². The van der Waals surface area contributed by atoms with Crippen molar-refractivity contribution in [3.8, 4) is 5.75 Å². The summed E-state index contributed by atoms with van der Waals surface area (Å²) in [5.41, 5.74) is 0.836. The van der Waals surface area contributed by atoms with Crippen molar-refractivity contribution in [3.05, 3.63) is 60.4 Å². The van der Waals surface area contributed by atoms with Gasteiger partial charge in [0.2, 0.25) is 10.0 Å². The lowest BCUT2D eigenvalue weighted by molar-refractivity contribution is 0.102. The molecular formula is C23H26N4O4S2. The Morgan fingerprint density at radius 2 is 1.88 bits per heavy atom. The molecule has 0 saturated heterocycles. The molecule has 33 heavy (non-hydrogen) atoms. The smallest absolute Gasteiger partial charge is 0.255 e. The highest BCUT2D eigenvalue weighted by molar-refractivity contribution is 7.99. The van der Waals surface area contributed by atoms with E-state index in [4.69, 9.17) is 4.74 Å². The standard InChI is InChI=1S/C23H26N4O4S2/c1-27-14-13-24-23(27)32-19-10-8-17(9-11-19)25-22(28)16-7-12-20(31-2)21(15-16)33(29,30)26-18-5-3-4-6-18/h7-15,18,26H,3-6H2,1-2H3,(H,25,28). The second-order valence-electron chi connectivity index (χ2n) is 7.87. The molecule has 1 saturated carbocycles. The molecule has 0 unspecified atom stereocenters. The van der Waals surface area contributed by atoms with Gasteiger partial charge in [0.15, 0.2) is 5.16 Å². The summed E-state index contributed by atoms with van der Waals surface area (Å²) in [7, 11) is -0.477. The molecule has 1 aliphatic carbocycles. The quantitative estimate of drug-likeness (QED) is 0.498. The third-order valence-corrected chi connectivity index (χ3v) is 8.12. The molecule has 1 amide bonds. The summed E-state index contributed by atoms with van der Waals surface area (Å²) in [6, 6.07) is 11.7. The van der Waals surface area contributed by atoms with Crippen molar-refractivity contribution in [1.82, 2.24) is 14.3 Å². The molecule has 10 heteroatoms. The summed E-state index contributed by atoms with van der Waals surface area (Å²) in [6.45, 7) is 0. The van der Waals surface area contributed by atoms with Crippen LogP contribution in [0.15, 0.2) is 69.8 Å². The molecule has 4 rings (SSSR count). The van der Waals surface area contributed by atoms with Crippen LogP contribution >= 0.6 is 11.8 Å². The maximum absolute atomic E-state index is 13.0. The van der Waals surface area contributed by atoms with Crippen LogP contribution < -0.4 is 14.8 Å². The van der Waals surface area contributed by atoms with E-state index in [-0.39, 0.29) is 22.3 Å². The first kappa shape index (κ1) is 23.3. The number of carbonyl (C=O) groups is 1. The zero-order chi connectivity index (χ0) is 23.4. The van der Waals surface area contributed by atoms with Gasteiger partial charge in [-0.1, -0.05) is 24.6 Å². The molecule has 0 radical (unpaired) electrons. The number of sulfonamides is 1. The van der Waals surface area contributed by atoms with Gasteiger partial charge in [-0.2, -0.15) is 0 Å². The number of anilines is 1. The van der Waals surface area contributed by atoms with Gasteiger partial charge in [-0.15, -0.1) is 0 Å². The van der Waals surface area contributed by atoms with Crippen molar-refractivity contribution in [2.45, 2.75) is 46.7 Å². The number of ether oxygens (including phenoxy) is 1. The van der Waals surface area contributed by atoms with Crippen LogP contribution in [0.5, 0.6) is 5.75 Å². The van der Waals surface area contributed by atoms with Crippen LogP contribution in [-0.2, 0) is 17.1 Å². The molecule has 8 nitrogen and oxygen atoms in total. The molecule has 1 heterocycles. The van der Waals surface area contributed by atoms with Gasteiger partial charge in [-0.3, -0.25) is 4.79 Å². The summed E-state index contributed by atoms with van der Waals surface area (Å²) in [6.07, 6.45) is 7.26. The fourth-order valence-electron chi connectivity index (χ4n) is 3.72. The van der Waals surface area contributed by atoms with E-state index in [2.05, 4.69) is 15.0 Å². The third-order valence-electron chi connectivity index (χ3n) is 5.49. The Balaban J connectivity index is 1.49. The lowest BCUT2D eigenvalue weighted by atomic mass is 10.2. The zero-order valence-corrected chi connectivity index (χ0v) is 20.1. The van der Waals surface area contributed by atoms with Crippen molar-refractivity contribution in [3.63, 3.8) is 0 Å². The van der Waals surface area contributed by atoms with Gasteiger partial charge in [0.25, 0.3) is 5.91 Å². The number of hydrogen-bond donors (Lipinski definition) is 2. The molecule has 1 aromatic heterocycles. The monoisotopic (exact) mass is 486 g/mol. The van der Waals surface area contributed by atoms with Gasteiger partial charge in [0.1, 0.15) is 10.6 Å². The molecule has 0 aliphatic heterocycles. The molecular weight excluding hydrogens is 460 g/mol. The van der Waals surface area contributed by atoms with E-state index in [1.54, 1.807) is 24.4 Å². The zero-order valence-electron chi connectivity index (χ0n) is 18.4. The highest BCUT2D eigenvalue weighted by Crippen LogP contribution is 2.29. The lowest BCUT2D eigenvalue weighted by Gasteiger charge is -2.16. The van der Waals surface area contributed by atoms with E-state index >= 15 is 0 Å². The molecule has 0 bridgehead atoms. The van der Waals surface area contributed by atoms with E-state index in [9.17, 15) is 13.2 Å². The van der Waals surface area contributed by atoms with Crippen LogP contribution in [0.1, 0.15) is 36.0 Å². The lowest BCUT2D eigenvalue weighted by Crippen LogP contribution is -2.33. The van der Waals surface area contributed by atoms with Crippen LogP contribution in [0, 0.1) is 0 Å². The molecule has 2 aromatic carbocycles. The van der Waals surface area contributed by atoms with Gasteiger partial charge < -0.3 is 14.6 Å². The summed E-state index contributed by atoms with van der Waals surface area (Å²) >= 11 is 1.52. The Hall–Kier alpha value is -2.82. The highest BCUT2D eigenvalue weighted by Gasteiger charge is 2.26. The van der Waals surface area contributed by atoms with Crippen molar-refractivity contribution >= 4 is 33.4 Å². The number of aryl methyl sites for hydroxylation is 1. The number of carbonyl (C=O) groups excluding carboxylic acids is 1. The van der Waals surface area contributed by atoms with Gasteiger partial charge in [-0.25, -0.2) is 18.1 Å². The average Bonchev–Trinajstić information content (AvgIpc) is 3.46. The molecule has 3 aromatic rings. The van der Waals surface area contributed by atoms with Crippen LogP contribution in [0.2, 0.25) is 0 Å². The molecule has 0 spiro atoms. The topological polar surface area (TPSA) is 102 Å². The first-order valence-corrected chi connectivity index (χ1v) is 12.9. The minimum atomic E-state index is -3.82. The predicted octanol–water partition coefficient (Wildman–Crippen LogP) is 4.05. The first-order chi connectivity index (χ1) is 15.9. The second-order valence-corrected chi connectivity index (χ2v) is 10.6. The first-order valence-electron chi connectivity index (χ1n) is 10.6. The number of methoxy groups -OCH3 is 1. The number of amides is 1. The van der Waals surface area contributed by atoms with Crippen molar-refractivity contribution in [2.24, 2.45) is 7.05 Å². The summed E-state index contributed by atoms with van der Waals surface area (Å²) in [5.74, 6) is -0.202. The Morgan fingerprint density at radius 3 is 2.52 bits per heavy atom.